The minimum Gasteiger partial charge on any atom is -0.486 e. The molecule has 0 saturated heterocycles. The molecule has 106 valence electrons. The summed E-state index contributed by atoms with van der Waals surface area (Å²) in [5.74, 6) is 0.714. The molecule has 2 aromatic rings. The molecule has 0 bridgehead atoms. The van der Waals surface area contributed by atoms with Crippen LogP contribution < -0.4 is 4.74 Å². The highest BCUT2D eigenvalue weighted by molar-refractivity contribution is 7.11. The third-order valence-corrected chi connectivity index (χ3v) is 4.15. The Hall–Kier alpha value is -1.88. The van der Waals surface area contributed by atoms with Crippen LogP contribution in [0.2, 0.25) is 0 Å². The molecule has 0 fully saturated rings. The highest BCUT2D eigenvalue weighted by Crippen LogP contribution is 2.24. The monoisotopic (exact) mass is 290 g/mol. The van der Waals surface area contributed by atoms with Gasteiger partial charge in [0.05, 0.1) is 11.4 Å². The van der Waals surface area contributed by atoms with Gasteiger partial charge in [0.15, 0.2) is 0 Å². The van der Waals surface area contributed by atoms with Crippen molar-refractivity contribution < 1.29 is 9.94 Å². The average molecular weight is 290 g/mol. The number of aromatic nitrogens is 1. The number of rotatable bonds is 4. The molecule has 1 aromatic heterocycles. The molecule has 20 heavy (non-hydrogen) atoms. The maximum Gasteiger partial charge on any atom is 0.140 e. The summed E-state index contributed by atoms with van der Waals surface area (Å²) in [6, 6.07) is 5.81. The van der Waals surface area contributed by atoms with Crippen LogP contribution in [0.3, 0.4) is 0 Å². The van der Waals surface area contributed by atoms with Gasteiger partial charge >= 0.3 is 0 Å². The number of nitrogens with zero attached hydrogens (tertiary/aromatic N) is 2. The second kappa shape index (κ2) is 6.05. The zero-order valence-electron chi connectivity index (χ0n) is 12.1. The Labute approximate surface area is 122 Å². The molecule has 0 aliphatic rings. The van der Waals surface area contributed by atoms with Crippen LogP contribution in [0.4, 0.5) is 0 Å². The lowest BCUT2D eigenvalue weighted by Gasteiger charge is -2.10. The first-order chi connectivity index (χ1) is 9.51. The van der Waals surface area contributed by atoms with Crippen molar-refractivity contribution in [2.75, 3.05) is 0 Å². The second-order valence-corrected chi connectivity index (χ2v) is 6.01. The number of benzene rings is 1. The number of ether oxygens (including phenoxy) is 1. The fourth-order valence-electron chi connectivity index (χ4n) is 1.84. The van der Waals surface area contributed by atoms with Crippen molar-refractivity contribution in [3.63, 3.8) is 0 Å². The molecule has 1 heterocycles. The van der Waals surface area contributed by atoms with Crippen LogP contribution in [0.1, 0.15) is 33.6 Å². The van der Waals surface area contributed by atoms with Crippen LogP contribution in [0.25, 0.3) is 0 Å². The maximum absolute atomic E-state index is 8.93. The molecule has 0 aliphatic carbocycles. The van der Waals surface area contributed by atoms with Crippen LogP contribution >= 0.6 is 11.3 Å². The van der Waals surface area contributed by atoms with Gasteiger partial charge in [-0.15, -0.1) is 11.3 Å². The predicted octanol–water partition coefficient (Wildman–Crippen LogP) is 3.85. The van der Waals surface area contributed by atoms with E-state index >= 15 is 0 Å². The van der Waals surface area contributed by atoms with Crippen LogP contribution in [0, 0.1) is 20.8 Å². The van der Waals surface area contributed by atoms with E-state index in [1.54, 1.807) is 18.3 Å². The Morgan fingerprint density at radius 3 is 2.70 bits per heavy atom. The van der Waals surface area contributed by atoms with Crippen molar-refractivity contribution in [3.8, 4) is 5.75 Å². The zero-order chi connectivity index (χ0) is 14.7. The number of aryl methyl sites for hydroxylation is 3. The molecule has 0 aliphatic heterocycles. The van der Waals surface area contributed by atoms with Crippen LogP contribution in [0.15, 0.2) is 23.4 Å². The van der Waals surface area contributed by atoms with Gasteiger partial charge in [-0.2, -0.15) is 0 Å². The third kappa shape index (κ3) is 3.17. The Morgan fingerprint density at radius 1 is 1.35 bits per heavy atom. The SMILES string of the molecule is C/C(=N/O)c1ccc(C)cc1OCc1nc(C)c(C)s1. The lowest BCUT2D eigenvalue weighted by molar-refractivity contribution is 0.302. The van der Waals surface area contributed by atoms with Gasteiger partial charge in [0.2, 0.25) is 0 Å². The van der Waals surface area contributed by atoms with E-state index in [1.807, 2.05) is 32.0 Å². The van der Waals surface area contributed by atoms with E-state index in [9.17, 15) is 0 Å². The fraction of sp³-hybridized carbons (Fsp3) is 0.333. The predicted molar refractivity (Wildman–Crippen MR) is 81.1 cm³/mol. The first kappa shape index (κ1) is 14.5. The van der Waals surface area contributed by atoms with E-state index in [4.69, 9.17) is 9.94 Å². The van der Waals surface area contributed by atoms with E-state index in [0.717, 1.165) is 21.8 Å². The van der Waals surface area contributed by atoms with Crippen molar-refractivity contribution in [1.29, 1.82) is 0 Å². The zero-order valence-corrected chi connectivity index (χ0v) is 12.9. The summed E-state index contributed by atoms with van der Waals surface area (Å²) in [4.78, 5) is 5.67. The van der Waals surface area contributed by atoms with Crippen molar-refractivity contribution in [1.82, 2.24) is 4.98 Å². The summed E-state index contributed by atoms with van der Waals surface area (Å²) in [6.45, 7) is 8.22. The van der Waals surface area contributed by atoms with E-state index in [2.05, 4.69) is 17.1 Å². The lowest BCUT2D eigenvalue weighted by Crippen LogP contribution is -2.03. The highest BCUT2D eigenvalue weighted by atomic mass is 32.1. The molecule has 0 amide bonds. The van der Waals surface area contributed by atoms with Crippen LogP contribution in [-0.4, -0.2) is 15.9 Å². The minimum atomic E-state index is 0.425. The van der Waals surface area contributed by atoms with Gasteiger partial charge < -0.3 is 9.94 Å². The van der Waals surface area contributed by atoms with Crippen LogP contribution in [0.5, 0.6) is 5.75 Å². The normalized spacial score (nSPS) is 11.7. The molecule has 0 radical (unpaired) electrons. The van der Waals surface area contributed by atoms with Gasteiger partial charge in [0, 0.05) is 10.4 Å². The smallest absolute Gasteiger partial charge is 0.140 e. The first-order valence-electron chi connectivity index (χ1n) is 6.36. The Kier molecular flexibility index (Phi) is 4.39. The Bertz CT molecular complexity index is 628. The Morgan fingerprint density at radius 2 is 2.10 bits per heavy atom. The van der Waals surface area contributed by atoms with Gasteiger partial charge in [-0.1, -0.05) is 11.2 Å². The molecule has 0 unspecified atom stereocenters. The van der Waals surface area contributed by atoms with Gasteiger partial charge in [-0.25, -0.2) is 4.98 Å². The summed E-state index contributed by atoms with van der Waals surface area (Å²) in [7, 11) is 0. The topological polar surface area (TPSA) is 54.7 Å². The van der Waals surface area contributed by atoms with Crippen molar-refractivity contribution >= 4 is 17.0 Å². The van der Waals surface area contributed by atoms with E-state index in [-0.39, 0.29) is 0 Å². The summed E-state index contributed by atoms with van der Waals surface area (Å²) in [5.41, 5.74) is 3.47. The number of oxime groups is 1. The summed E-state index contributed by atoms with van der Waals surface area (Å²) >= 11 is 1.64. The number of thiazole rings is 1. The molecule has 0 saturated carbocycles. The molecular weight excluding hydrogens is 272 g/mol. The summed E-state index contributed by atoms with van der Waals surface area (Å²) < 4.78 is 5.85. The van der Waals surface area contributed by atoms with Gasteiger partial charge in [-0.05, 0) is 45.4 Å². The second-order valence-electron chi connectivity index (χ2n) is 4.72. The van der Waals surface area contributed by atoms with Gasteiger partial charge in [-0.3, -0.25) is 0 Å². The molecule has 4 nitrogen and oxygen atoms in total. The van der Waals surface area contributed by atoms with Crippen molar-refractivity contribution in [3.05, 3.63) is 44.9 Å². The number of hydrogen-bond donors (Lipinski definition) is 1. The van der Waals surface area contributed by atoms with E-state index in [1.165, 1.54) is 4.88 Å². The summed E-state index contributed by atoms with van der Waals surface area (Å²) in [6.07, 6.45) is 0. The largest absolute Gasteiger partial charge is 0.486 e. The highest BCUT2D eigenvalue weighted by Gasteiger charge is 2.10. The molecular formula is C15H18N2O2S. The molecule has 5 heteroatoms. The maximum atomic E-state index is 8.93. The van der Waals surface area contributed by atoms with Crippen molar-refractivity contribution in [2.45, 2.75) is 34.3 Å². The molecule has 1 N–H and O–H groups in total. The Balaban J connectivity index is 2.22. The molecule has 2 rings (SSSR count). The van der Waals surface area contributed by atoms with Gasteiger partial charge in [0.1, 0.15) is 17.4 Å². The standard InChI is InChI=1S/C15H18N2O2S/c1-9-5-6-13(11(3)17-18)14(7-9)19-8-15-16-10(2)12(4)20-15/h5-7,18H,8H2,1-4H3/b17-11-. The van der Waals surface area contributed by atoms with E-state index < -0.39 is 0 Å². The first-order valence-corrected chi connectivity index (χ1v) is 7.18. The molecule has 0 spiro atoms. The van der Waals surface area contributed by atoms with Gasteiger partial charge in [0.25, 0.3) is 0 Å². The summed E-state index contributed by atoms with van der Waals surface area (Å²) in [5, 5.41) is 13.1. The third-order valence-electron chi connectivity index (χ3n) is 3.10. The fourth-order valence-corrected chi connectivity index (χ4v) is 2.69. The molecule has 1 aromatic carbocycles. The number of hydrogen-bond acceptors (Lipinski definition) is 5. The van der Waals surface area contributed by atoms with Crippen molar-refractivity contribution in [2.24, 2.45) is 5.16 Å². The quantitative estimate of drug-likeness (QED) is 0.528. The average Bonchev–Trinajstić information content (AvgIpc) is 2.75. The van der Waals surface area contributed by atoms with Crippen LogP contribution in [-0.2, 0) is 6.61 Å². The minimum absolute atomic E-state index is 0.425. The van der Waals surface area contributed by atoms with E-state index in [0.29, 0.717) is 18.1 Å². The lowest BCUT2D eigenvalue weighted by atomic mass is 10.1. The molecule has 0 atom stereocenters.